The molecular formula is C16H11Cl2N3O. The molecule has 0 aliphatic heterocycles. The van der Waals surface area contributed by atoms with E-state index in [0.29, 0.717) is 16.4 Å². The third-order valence-electron chi connectivity index (χ3n) is 3.02. The molecular weight excluding hydrogens is 321 g/mol. The fourth-order valence-electron chi connectivity index (χ4n) is 1.98. The van der Waals surface area contributed by atoms with Gasteiger partial charge in [0.15, 0.2) is 5.82 Å². The van der Waals surface area contributed by atoms with Gasteiger partial charge in [0.1, 0.15) is 5.75 Å². The summed E-state index contributed by atoms with van der Waals surface area (Å²) in [5.41, 5.74) is 1.34. The fourth-order valence-corrected chi connectivity index (χ4v) is 2.49. The lowest BCUT2D eigenvalue weighted by atomic mass is 10.2. The van der Waals surface area contributed by atoms with Crippen molar-refractivity contribution in [2.45, 2.75) is 0 Å². The van der Waals surface area contributed by atoms with Crippen LogP contribution in [0.4, 0.5) is 5.82 Å². The van der Waals surface area contributed by atoms with Gasteiger partial charge in [0.25, 0.3) is 0 Å². The van der Waals surface area contributed by atoms with Crippen molar-refractivity contribution < 1.29 is 5.11 Å². The molecule has 0 fully saturated rings. The zero-order valence-electron chi connectivity index (χ0n) is 11.3. The molecule has 0 atom stereocenters. The molecule has 0 bridgehead atoms. The first-order valence-electron chi connectivity index (χ1n) is 6.46. The second-order valence-corrected chi connectivity index (χ2v) is 5.36. The van der Waals surface area contributed by atoms with Gasteiger partial charge in [-0.25, -0.2) is 9.67 Å². The van der Waals surface area contributed by atoms with Crippen LogP contribution < -0.4 is 0 Å². The number of halogens is 2. The van der Waals surface area contributed by atoms with Crippen LogP contribution in [0.1, 0.15) is 5.56 Å². The molecule has 0 saturated carbocycles. The Bertz CT molecular complexity index is 829. The van der Waals surface area contributed by atoms with E-state index in [9.17, 15) is 5.11 Å². The van der Waals surface area contributed by atoms with Crippen molar-refractivity contribution in [2.24, 2.45) is 4.99 Å². The number of rotatable bonds is 3. The van der Waals surface area contributed by atoms with E-state index in [1.165, 1.54) is 12.3 Å². The number of aliphatic imine (C=N–C) groups is 1. The van der Waals surface area contributed by atoms with Crippen molar-refractivity contribution >= 4 is 35.2 Å². The predicted octanol–water partition coefficient (Wildman–Crippen LogP) is 4.64. The van der Waals surface area contributed by atoms with Gasteiger partial charge in [0.2, 0.25) is 0 Å². The molecule has 0 spiro atoms. The van der Waals surface area contributed by atoms with Crippen LogP contribution in [0.2, 0.25) is 10.0 Å². The van der Waals surface area contributed by atoms with E-state index in [-0.39, 0.29) is 10.8 Å². The second kappa shape index (κ2) is 6.22. The molecule has 0 aliphatic rings. The Morgan fingerprint density at radius 1 is 1.09 bits per heavy atom. The van der Waals surface area contributed by atoms with E-state index >= 15 is 0 Å². The summed E-state index contributed by atoms with van der Waals surface area (Å²) in [7, 11) is 0. The average Bonchev–Trinajstić information content (AvgIpc) is 2.99. The normalized spacial score (nSPS) is 11.2. The number of aromatic hydroxyl groups is 1. The van der Waals surface area contributed by atoms with Gasteiger partial charge in [-0.3, -0.25) is 0 Å². The van der Waals surface area contributed by atoms with Crippen LogP contribution in [0, 0.1) is 0 Å². The number of para-hydroxylation sites is 1. The first-order chi connectivity index (χ1) is 10.6. The largest absolute Gasteiger partial charge is 0.506 e. The Morgan fingerprint density at radius 2 is 1.86 bits per heavy atom. The third kappa shape index (κ3) is 2.98. The molecule has 1 heterocycles. The van der Waals surface area contributed by atoms with Crippen LogP contribution in [-0.4, -0.2) is 21.1 Å². The van der Waals surface area contributed by atoms with E-state index in [4.69, 9.17) is 23.2 Å². The summed E-state index contributed by atoms with van der Waals surface area (Å²) in [4.78, 5) is 4.35. The number of phenolic OH excluding ortho intramolecular Hbond substituents is 1. The van der Waals surface area contributed by atoms with Gasteiger partial charge in [0, 0.05) is 22.9 Å². The van der Waals surface area contributed by atoms with E-state index in [1.807, 2.05) is 30.3 Å². The Balaban J connectivity index is 1.97. The molecule has 0 amide bonds. The molecule has 3 aromatic rings. The topological polar surface area (TPSA) is 50.4 Å². The summed E-state index contributed by atoms with van der Waals surface area (Å²) in [6.45, 7) is 0. The predicted molar refractivity (Wildman–Crippen MR) is 88.9 cm³/mol. The fraction of sp³-hybridized carbons (Fsp3) is 0. The lowest BCUT2D eigenvalue weighted by Crippen LogP contribution is -1.95. The zero-order valence-corrected chi connectivity index (χ0v) is 12.8. The lowest BCUT2D eigenvalue weighted by Gasteiger charge is -2.04. The van der Waals surface area contributed by atoms with Crippen molar-refractivity contribution in [3.8, 4) is 11.4 Å². The van der Waals surface area contributed by atoms with Gasteiger partial charge in [-0.05, 0) is 24.3 Å². The summed E-state index contributed by atoms with van der Waals surface area (Å²) in [6.07, 6.45) is 3.16. The Morgan fingerprint density at radius 3 is 2.64 bits per heavy atom. The van der Waals surface area contributed by atoms with Gasteiger partial charge >= 0.3 is 0 Å². The Hall–Kier alpha value is -2.30. The first-order valence-corrected chi connectivity index (χ1v) is 7.22. The lowest BCUT2D eigenvalue weighted by molar-refractivity contribution is 0.475. The van der Waals surface area contributed by atoms with Crippen molar-refractivity contribution in [2.75, 3.05) is 0 Å². The molecule has 0 aliphatic carbocycles. The highest BCUT2D eigenvalue weighted by atomic mass is 35.5. The van der Waals surface area contributed by atoms with Crippen molar-refractivity contribution in [1.82, 2.24) is 9.78 Å². The molecule has 3 rings (SSSR count). The average molecular weight is 332 g/mol. The highest BCUT2D eigenvalue weighted by molar-refractivity contribution is 6.36. The van der Waals surface area contributed by atoms with Crippen molar-refractivity contribution in [3.63, 3.8) is 0 Å². The molecule has 0 radical (unpaired) electrons. The van der Waals surface area contributed by atoms with Gasteiger partial charge in [-0.2, -0.15) is 5.10 Å². The molecule has 0 saturated heterocycles. The zero-order chi connectivity index (χ0) is 15.5. The summed E-state index contributed by atoms with van der Waals surface area (Å²) in [5, 5.41) is 14.8. The van der Waals surface area contributed by atoms with Crippen LogP contribution in [-0.2, 0) is 0 Å². The number of benzene rings is 2. The molecule has 110 valence electrons. The summed E-state index contributed by atoms with van der Waals surface area (Å²) in [5.74, 6) is 0.572. The third-order valence-corrected chi connectivity index (χ3v) is 3.52. The van der Waals surface area contributed by atoms with Gasteiger partial charge in [-0.1, -0.05) is 41.4 Å². The van der Waals surface area contributed by atoms with Gasteiger partial charge in [0.05, 0.1) is 16.9 Å². The van der Waals surface area contributed by atoms with E-state index < -0.39 is 0 Å². The van der Waals surface area contributed by atoms with Crippen LogP contribution in [0.15, 0.2) is 59.7 Å². The highest BCUT2D eigenvalue weighted by Gasteiger charge is 2.07. The number of nitrogens with zero attached hydrogens (tertiary/aromatic N) is 3. The number of phenols is 1. The second-order valence-electron chi connectivity index (χ2n) is 4.52. The van der Waals surface area contributed by atoms with Crippen LogP contribution >= 0.6 is 23.2 Å². The van der Waals surface area contributed by atoms with E-state index in [0.717, 1.165) is 5.69 Å². The van der Waals surface area contributed by atoms with Crippen molar-refractivity contribution in [3.05, 3.63) is 70.3 Å². The molecule has 0 unspecified atom stereocenters. The molecule has 1 aromatic heterocycles. The van der Waals surface area contributed by atoms with Crippen molar-refractivity contribution in [1.29, 1.82) is 0 Å². The summed E-state index contributed by atoms with van der Waals surface area (Å²) in [6, 6.07) is 14.5. The number of hydrogen-bond acceptors (Lipinski definition) is 3. The maximum atomic E-state index is 9.93. The minimum Gasteiger partial charge on any atom is -0.506 e. The first kappa shape index (κ1) is 14.6. The Labute approximate surface area is 137 Å². The van der Waals surface area contributed by atoms with E-state index in [1.54, 1.807) is 23.0 Å². The quantitative estimate of drug-likeness (QED) is 0.711. The van der Waals surface area contributed by atoms with Crippen LogP contribution in [0.3, 0.4) is 0 Å². The molecule has 4 nitrogen and oxygen atoms in total. The summed E-state index contributed by atoms with van der Waals surface area (Å²) >= 11 is 11.8. The minimum atomic E-state index is -0.0550. The SMILES string of the molecule is Oc1c(Cl)cc(Cl)cc1C=Nc1ccnn1-c1ccccc1. The number of hydrogen-bond donors (Lipinski definition) is 1. The smallest absolute Gasteiger partial charge is 0.155 e. The number of aromatic nitrogens is 2. The molecule has 2 aromatic carbocycles. The van der Waals surface area contributed by atoms with E-state index in [2.05, 4.69) is 10.1 Å². The standard InChI is InChI=1S/C16H11Cl2N3O/c17-12-8-11(16(22)14(18)9-12)10-19-15-6-7-20-21(15)13-4-2-1-3-5-13/h1-10,22H. The maximum absolute atomic E-state index is 9.93. The van der Waals surface area contributed by atoms with Gasteiger partial charge < -0.3 is 5.11 Å². The Kier molecular flexibility index (Phi) is 4.13. The monoisotopic (exact) mass is 331 g/mol. The van der Waals surface area contributed by atoms with Gasteiger partial charge in [-0.15, -0.1) is 0 Å². The highest BCUT2D eigenvalue weighted by Crippen LogP contribution is 2.30. The van der Waals surface area contributed by atoms with Crippen LogP contribution in [0.5, 0.6) is 5.75 Å². The maximum Gasteiger partial charge on any atom is 0.155 e. The molecule has 1 N–H and O–H groups in total. The summed E-state index contributed by atoms with van der Waals surface area (Å²) < 4.78 is 1.69. The molecule has 22 heavy (non-hydrogen) atoms. The van der Waals surface area contributed by atoms with Crippen LogP contribution in [0.25, 0.3) is 5.69 Å². The molecule has 6 heteroatoms. The minimum absolute atomic E-state index is 0.0550.